The van der Waals surface area contributed by atoms with Crippen molar-refractivity contribution in [1.29, 1.82) is 0 Å². The second-order valence-electron chi connectivity index (χ2n) is 7.37. The third kappa shape index (κ3) is 5.32. The molecule has 0 radical (unpaired) electrons. The molecule has 1 saturated heterocycles. The molecule has 0 spiro atoms. The van der Waals surface area contributed by atoms with Gasteiger partial charge in [0.2, 0.25) is 5.91 Å². The summed E-state index contributed by atoms with van der Waals surface area (Å²) in [6.07, 6.45) is 2.93. The van der Waals surface area contributed by atoms with Crippen LogP contribution in [-0.4, -0.2) is 32.0 Å². The van der Waals surface area contributed by atoms with Crippen LogP contribution in [0.3, 0.4) is 0 Å². The van der Waals surface area contributed by atoms with Crippen LogP contribution in [0.15, 0.2) is 39.5 Å². The Hall–Kier alpha value is -2.93. The number of piperidine rings is 1. The lowest BCUT2D eigenvalue weighted by atomic mass is 9.95. The Labute approximate surface area is 169 Å². The fourth-order valence-corrected chi connectivity index (χ4v) is 3.58. The van der Waals surface area contributed by atoms with Crippen LogP contribution in [0.1, 0.15) is 52.4 Å². The smallest absolute Gasteiger partial charge is 0.349 e. The number of rotatable bonds is 6. The van der Waals surface area contributed by atoms with Crippen LogP contribution in [0.2, 0.25) is 0 Å². The normalized spacial score (nSPS) is 16.3. The maximum atomic E-state index is 12.7. The van der Waals surface area contributed by atoms with E-state index < -0.39 is 11.5 Å². The molecule has 1 unspecified atom stereocenters. The van der Waals surface area contributed by atoms with Gasteiger partial charge in [-0.25, -0.2) is 4.79 Å². The standard InChI is InChI=1S/C22H27N3O4/c1-14-11-18(16-6-4-10-24-13-16)29-22(28)20(14)21(27)25-17-7-3-5-15(12-17)8-9-19(26)23-2/h3,5,7,11-12,16,24H,4,6,8-10,13H2,1-2H3,(H,23,26)(H,25,27). The molecule has 2 heterocycles. The third-order valence-electron chi connectivity index (χ3n) is 5.20. The molecule has 2 amide bonds. The number of hydrogen-bond acceptors (Lipinski definition) is 5. The van der Waals surface area contributed by atoms with Crippen molar-refractivity contribution in [3.63, 3.8) is 0 Å². The lowest BCUT2D eigenvalue weighted by molar-refractivity contribution is -0.120. The molecule has 1 aliphatic heterocycles. The molecule has 7 nitrogen and oxygen atoms in total. The van der Waals surface area contributed by atoms with E-state index >= 15 is 0 Å². The Morgan fingerprint density at radius 2 is 2.10 bits per heavy atom. The van der Waals surface area contributed by atoms with Crippen LogP contribution < -0.4 is 21.6 Å². The predicted octanol–water partition coefficient (Wildman–Crippen LogP) is 2.35. The van der Waals surface area contributed by atoms with Crippen LogP contribution in [0.25, 0.3) is 0 Å². The highest BCUT2D eigenvalue weighted by molar-refractivity contribution is 6.04. The van der Waals surface area contributed by atoms with Crippen LogP contribution in [0, 0.1) is 6.92 Å². The molecule has 3 N–H and O–H groups in total. The van der Waals surface area contributed by atoms with E-state index in [0.717, 1.165) is 31.5 Å². The van der Waals surface area contributed by atoms with Crippen molar-refractivity contribution in [2.75, 3.05) is 25.5 Å². The van der Waals surface area contributed by atoms with Gasteiger partial charge in [0.15, 0.2) is 0 Å². The average molecular weight is 397 g/mol. The Morgan fingerprint density at radius 1 is 1.28 bits per heavy atom. The van der Waals surface area contributed by atoms with E-state index in [1.807, 2.05) is 12.1 Å². The number of anilines is 1. The lowest BCUT2D eigenvalue weighted by Crippen LogP contribution is -2.30. The van der Waals surface area contributed by atoms with Gasteiger partial charge in [0.25, 0.3) is 5.91 Å². The first kappa shape index (κ1) is 20.8. The van der Waals surface area contributed by atoms with Crippen molar-refractivity contribution >= 4 is 17.5 Å². The van der Waals surface area contributed by atoms with E-state index in [2.05, 4.69) is 16.0 Å². The van der Waals surface area contributed by atoms with Crippen LogP contribution in [-0.2, 0) is 11.2 Å². The highest BCUT2D eigenvalue weighted by atomic mass is 16.4. The summed E-state index contributed by atoms with van der Waals surface area (Å²) in [7, 11) is 1.60. The highest BCUT2D eigenvalue weighted by Crippen LogP contribution is 2.24. The minimum atomic E-state index is -0.612. The molecule has 0 bridgehead atoms. The van der Waals surface area contributed by atoms with Crippen molar-refractivity contribution < 1.29 is 14.0 Å². The zero-order chi connectivity index (χ0) is 20.8. The zero-order valence-corrected chi connectivity index (χ0v) is 16.8. The third-order valence-corrected chi connectivity index (χ3v) is 5.20. The number of benzene rings is 1. The van der Waals surface area contributed by atoms with Gasteiger partial charge in [-0.3, -0.25) is 9.59 Å². The van der Waals surface area contributed by atoms with Crippen LogP contribution in [0.4, 0.5) is 5.69 Å². The van der Waals surface area contributed by atoms with Gasteiger partial charge in [0, 0.05) is 31.6 Å². The molecular weight excluding hydrogens is 370 g/mol. The van der Waals surface area contributed by atoms with Gasteiger partial charge in [0.05, 0.1) is 0 Å². The maximum absolute atomic E-state index is 12.7. The van der Waals surface area contributed by atoms with Gasteiger partial charge in [-0.1, -0.05) is 12.1 Å². The topological polar surface area (TPSA) is 100 Å². The molecule has 7 heteroatoms. The molecule has 1 aliphatic rings. The van der Waals surface area contributed by atoms with Crippen molar-refractivity contribution in [3.05, 3.63) is 63.2 Å². The Balaban J connectivity index is 1.73. The summed E-state index contributed by atoms with van der Waals surface area (Å²) < 4.78 is 5.49. The van der Waals surface area contributed by atoms with E-state index in [4.69, 9.17) is 4.42 Å². The number of nitrogens with one attached hydrogen (secondary N) is 3. The van der Waals surface area contributed by atoms with Crippen LogP contribution in [0.5, 0.6) is 0 Å². The first-order chi connectivity index (χ1) is 14.0. The molecule has 1 atom stereocenters. The molecule has 0 saturated carbocycles. The van der Waals surface area contributed by atoms with E-state index in [9.17, 15) is 14.4 Å². The summed E-state index contributed by atoms with van der Waals surface area (Å²) in [5, 5.41) is 8.66. The molecule has 1 aromatic carbocycles. The van der Waals surface area contributed by atoms with E-state index in [0.29, 0.717) is 29.9 Å². The molecule has 1 aromatic heterocycles. The average Bonchev–Trinajstić information content (AvgIpc) is 2.72. The van der Waals surface area contributed by atoms with Crippen molar-refractivity contribution in [2.45, 2.75) is 38.5 Å². The quantitative estimate of drug-likeness (QED) is 0.695. The number of carbonyl (C=O) groups is 2. The summed E-state index contributed by atoms with van der Waals surface area (Å²) in [5.74, 6) is 0.255. The van der Waals surface area contributed by atoms with E-state index in [1.165, 1.54) is 0 Å². The fraction of sp³-hybridized carbons (Fsp3) is 0.409. The predicted molar refractivity (Wildman–Crippen MR) is 111 cm³/mol. The molecule has 154 valence electrons. The van der Waals surface area contributed by atoms with Crippen molar-refractivity contribution in [2.24, 2.45) is 0 Å². The van der Waals surface area contributed by atoms with Crippen molar-refractivity contribution in [3.8, 4) is 0 Å². The highest BCUT2D eigenvalue weighted by Gasteiger charge is 2.22. The first-order valence-corrected chi connectivity index (χ1v) is 9.94. The number of hydrogen-bond donors (Lipinski definition) is 3. The van der Waals surface area contributed by atoms with Gasteiger partial charge < -0.3 is 20.4 Å². The number of amides is 2. The molecule has 3 rings (SSSR count). The molecule has 2 aromatic rings. The minimum absolute atomic E-state index is 0.0216. The fourth-order valence-electron chi connectivity index (χ4n) is 3.58. The largest absolute Gasteiger partial charge is 0.427 e. The number of aryl methyl sites for hydroxylation is 2. The molecular formula is C22H27N3O4. The monoisotopic (exact) mass is 397 g/mol. The Morgan fingerprint density at radius 3 is 2.79 bits per heavy atom. The van der Waals surface area contributed by atoms with E-state index in [1.54, 1.807) is 32.2 Å². The Bertz CT molecular complexity index is 945. The second kappa shape index (κ2) is 9.52. The zero-order valence-electron chi connectivity index (χ0n) is 16.8. The summed E-state index contributed by atoms with van der Waals surface area (Å²) in [4.78, 5) is 36.7. The second-order valence-corrected chi connectivity index (χ2v) is 7.37. The molecule has 0 aliphatic carbocycles. The molecule has 29 heavy (non-hydrogen) atoms. The van der Waals surface area contributed by atoms with Gasteiger partial charge in [0.1, 0.15) is 11.3 Å². The van der Waals surface area contributed by atoms with Gasteiger partial charge in [-0.2, -0.15) is 0 Å². The van der Waals surface area contributed by atoms with Gasteiger partial charge >= 0.3 is 5.63 Å². The summed E-state index contributed by atoms with van der Waals surface area (Å²) in [6.45, 7) is 3.50. The summed E-state index contributed by atoms with van der Waals surface area (Å²) in [6, 6.07) is 9.06. The lowest BCUT2D eigenvalue weighted by Gasteiger charge is -2.22. The first-order valence-electron chi connectivity index (χ1n) is 9.94. The SMILES string of the molecule is CNC(=O)CCc1cccc(NC(=O)c2c(C)cc(C3CCCNC3)oc2=O)c1. The van der Waals surface area contributed by atoms with E-state index in [-0.39, 0.29) is 17.4 Å². The van der Waals surface area contributed by atoms with Gasteiger partial charge in [-0.05, 0) is 62.1 Å². The van der Waals surface area contributed by atoms with Crippen LogP contribution >= 0.6 is 0 Å². The Kier molecular flexibility index (Phi) is 6.82. The van der Waals surface area contributed by atoms with Crippen molar-refractivity contribution in [1.82, 2.24) is 10.6 Å². The molecule has 1 fully saturated rings. The summed E-state index contributed by atoms with van der Waals surface area (Å²) in [5.41, 5.74) is 1.52. The summed E-state index contributed by atoms with van der Waals surface area (Å²) >= 11 is 0. The number of carbonyl (C=O) groups excluding carboxylic acids is 2. The maximum Gasteiger partial charge on any atom is 0.349 e. The van der Waals surface area contributed by atoms with Gasteiger partial charge in [-0.15, -0.1) is 0 Å². The minimum Gasteiger partial charge on any atom is -0.427 e.